The number of alkyl halides is 3. The third-order valence-electron chi connectivity index (χ3n) is 3.35. The van der Waals surface area contributed by atoms with Gasteiger partial charge in [0.05, 0.1) is 5.56 Å². The number of anilines is 1. The second-order valence-electron chi connectivity index (χ2n) is 4.89. The molecule has 116 valence electrons. The number of primary amides is 1. The molecule has 21 heavy (non-hydrogen) atoms. The molecular formula is C13H16F3N3O2. The smallest absolute Gasteiger partial charge is 0.381 e. The van der Waals surface area contributed by atoms with Crippen molar-refractivity contribution >= 4 is 11.7 Å². The van der Waals surface area contributed by atoms with E-state index in [4.69, 9.17) is 10.5 Å². The summed E-state index contributed by atoms with van der Waals surface area (Å²) in [5.41, 5.74) is 4.06. The quantitative estimate of drug-likeness (QED) is 0.892. The number of halogens is 3. The van der Waals surface area contributed by atoms with Crippen LogP contribution in [0.1, 0.15) is 28.9 Å². The van der Waals surface area contributed by atoms with Crippen molar-refractivity contribution < 1.29 is 22.7 Å². The van der Waals surface area contributed by atoms with E-state index in [1.165, 1.54) is 0 Å². The van der Waals surface area contributed by atoms with E-state index in [9.17, 15) is 18.0 Å². The Balaban J connectivity index is 2.16. The van der Waals surface area contributed by atoms with Crippen LogP contribution < -0.4 is 11.1 Å². The minimum absolute atomic E-state index is 0.0462. The van der Waals surface area contributed by atoms with Gasteiger partial charge in [-0.25, -0.2) is 4.98 Å². The van der Waals surface area contributed by atoms with E-state index in [-0.39, 0.29) is 17.3 Å². The molecule has 1 aliphatic rings. The number of carbonyl (C=O) groups is 1. The van der Waals surface area contributed by atoms with Crippen LogP contribution in [0.4, 0.5) is 19.0 Å². The highest BCUT2D eigenvalue weighted by Gasteiger charge is 2.33. The average Bonchev–Trinajstić information content (AvgIpc) is 2.45. The van der Waals surface area contributed by atoms with E-state index in [1.807, 2.05) is 0 Å². The van der Waals surface area contributed by atoms with E-state index < -0.39 is 17.8 Å². The first kappa shape index (κ1) is 15.6. The molecule has 8 heteroatoms. The molecule has 2 heterocycles. The van der Waals surface area contributed by atoms with Crippen molar-refractivity contribution in [2.24, 2.45) is 11.7 Å². The molecule has 0 atom stereocenters. The Hall–Kier alpha value is -1.83. The van der Waals surface area contributed by atoms with Crippen LogP contribution in [0.2, 0.25) is 0 Å². The summed E-state index contributed by atoms with van der Waals surface area (Å²) in [6.07, 6.45) is -2.93. The summed E-state index contributed by atoms with van der Waals surface area (Å²) in [7, 11) is 0. The van der Waals surface area contributed by atoms with Gasteiger partial charge in [0, 0.05) is 19.8 Å². The van der Waals surface area contributed by atoms with Gasteiger partial charge in [0.1, 0.15) is 11.5 Å². The molecule has 0 aromatic carbocycles. The zero-order chi connectivity index (χ0) is 15.5. The predicted octanol–water partition coefficient (Wildman–Crippen LogP) is 2.04. The molecule has 1 fully saturated rings. The Morgan fingerprint density at radius 1 is 1.38 bits per heavy atom. The predicted molar refractivity (Wildman–Crippen MR) is 69.8 cm³/mol. The van der Waals surface area contributed by atoms with Gasteiger partial charge in [0.15, 0.2) is 0 Å². The summed E-state index contributed by atoms with van der Waals surface area (Å²) < 4.78 is 43.2. The summed E-state index contributed by atoms with van der Waals surface area (Å²) in [5, 5.41) is 2.81. The van der Waals surface area contributed by atoms with E-state index in [0.29, 0.717) is 19.8 Å². The third-order valence-corrected chi connectivity index (χ3v) is 3.35. The first-order valence-electron chi connectivity index (χ1n) is 6.57. The number of aromatic nitrogens is 1. The molecule has 0 radical (unpaired) electrons. The number of amides is 1. The van der Waals surface area contributed by atoms with Crippen LogP contribution in [0.5, 0.6) is 0 Å². The van der Waals surface area contributed by atoms with Crippen molar-refractivity contribution in [2.75, 3.05) is 25.1 Å². The van der Waals surface area contributed by atoms with Crippen LogP contribution in [-0.4, -0.2) is 30.6 Å². The molecule has 1 aromatic rings. The van der Waals surface area contributed by atoms with Crippen molar-refractivity contribution in [3.63, 3.8) is 0 Å². The number of rotatable bonds is 4. The molecular weight excluding hydrogens is 287 g/mol. The van der Waals surface area contributed by atoms with E-state index in [1.54, 1.807) is 0 Å². The van der Waals surface area contributed by atoms with Crippen molar-refractivity contribution in [1.82, 2.24) is 4.98 Å². The fraction of sp³-hybridized carbons (Fsp3) is 0.538. The van der Waals surface area contributed by atoms with Crippen LogP contribution >= 0.6 is 0 Å². The number of nitrogens with one attached hydrogen (secondary N) is 1. The Bertz CT molecular complexity index is 514. The molecule has 0 spiro atoms. The number of nitrogens with two attached hydrogens (primary N) is 1. The minimum atomic E-state index is -4.56. The molecule has 1 aromatic heterocycles. The van der Waals surface area contributed by atoms with Gasteiger partial charge in [-0.3, -0.25) is 4.79 Å². The van der Waals surface area contributed by atoms with E-state index in [2.05, 4.69) is 10.3 Å². The lowest BCUT2D eigenvalue weighted by atomic mass is 10.0. The monoisotopic (exact) mass is 303 g/mol. The second kappa shape index (κ2) is 6.30. The fourth-order valence-electron chi connectivity index (χ4n) is 2.14. The molecule has 3 N–H and O–H groups in total. The highest BCUT2D eigenvalue weighted by Crippen LogP contribution is 2.29. The van der Waals surface area contributed by atoms with Gasteiger partial charge in [-0.2, -0.15) is 13.2 Å². The Morgan fingerprint density at radius 2 is 2.05 bits per heavy atom. The van der Waals surface area contributed by atoms with Crippen molar-refractivity contribution in [1.29, 1.82) is 0 Å². The molecule has 2 rings (SSSR count). The van der Waals surface area contributed by atoms with Crippen LogP contribution in [0.3, 0.4) is 0 Å². The Labute approximate surface area is 119 Å². The van der Waals surface area contributed by atoms with Crippen LogP contribution in [0.15, 0.2) is 12.1 Å². The molecule has 0 bridgehead atoms. The summed E-state index contributed by atoms with van der Waals surface area (Å²) in [6.45, 7) is 1.69. The number of hydrogen-bond acceptors (Lipinski definition) is 4. The average molecular weight is 303 g/mol. The maximum absolute atomic E-state index is 12.7. The summed E-state index contributed by atoms with van der Waals surface area (Å²) in [6, 6.07) is 1.80. The topological polar surface area (TPSA) is 77.2 Å². The lowest BCUT2D eigenvalue weighted by Crippen LogP contribution is -2.25. The fourth-order valence-corrected chi connectivity index (χ4v) is 2.14. The minimum Gasteiger partial charge on any atom is -0.381 e. The zero-order valence-corrected chi connectivity index (χ0v) is 11.2. The van der Waals surface area contributed by atoms with E-state index >= 15 is 0 Å². The molecule has 5 nitrogen and oxygen atoms in total. The first-order valence-corrected chi connectivity index (χ1v) is 6.57. The van der Waals surface area contributed by atoms with Crippen LogP contribution in [0.25, 0.3) is 0 Å². The van der Waals surface area contributed by atoms with Gasteiger partial charge in [0.2, 0.25) is 0 Å². The summed E-state index contributed by atoms with van der Waals surface area (Å²) in [5.74, 6) is -0.662. The van der Waals surface area contributed by atoms with Crippen molar-refractivity contribution in [2.45, 2.75) is 19.0 Å². The normalized spacial score (nSPS) is 16.7. The van der Waals surface area contributed by atoms with Crippen LogP contribution in [0, 0.1) is 5.92 Å². The number of hydrogen-bond donors (Lipinski definition) is 2. The highest BCUT2D eigenvalue weighted by atomic mass is 19.4. The number of nitrogens with zero attached hydrogens (tertiary/aromatic N) is 1. The van der Waals surface area contributed by atoms with Crippen LogP contribution in [-0.2, 0) is 10.9 Å². The van der Waals surface area contributed by atoms with Crippen molar-refractivity contribution in [3.8, 4) is 0 Å². The van der Waals surface area contributed by atoms with Gasteiger partial charge in [-0.05, 0) is 30.9 Å². The van der Waals surface area contributed by atoms with Gasteiger partial charge in [-0.15, -0.1) is 0 Å². The Kier molecular flexibility index (Phi) is 4.66. The molecule has 0 aliphatic carbocycles. The van der Waals surface area contributed by atoms with E-state index in [0.717, 1.165) is 25.0 Å². The lowest BCUT2D eigenvalue weighted by Gasteiger charge is -2.23. The van der Waals surface area contributed by atoms with Gasteiger partial charge in [-0.1, -0.05) is 0 Å². The number of carbonyl (C=O) groups excluding carboxylic acids is 1. The zero-order valence-electron chi connectivity index (χ0n) is 11.2. The molecule has 1 aliphatic heterocycles. The largest absolute Gasteiger partial charge is 0.433 e. The highest BCUT2D eigenvalue weighted by molar-refractivity contribution is 5.97. The lowest BCUT2D eigenvalue weighted by molar-refractivity contribution is -0.141. The molecule has 1 saturated heterocycles. The number of ether oxygens (including phenoxy) is 1. The third kappa shape index (κ3) is 4.07. The SMILES string of the molecule is NC(=O)c1ccc(C(F)(F)F)nc1NCC1CCOCC1. The van der Waals surface area contributed by atoms with Crippen molar-refractivity contribution in [3.05, 3.63) is 23.4 Å². The summed E-state index contributed by atoms with van der Waals surface area (Å²) in [4.78, 5) is 14.8. The Morgan fingerprint density at radius 3 is 2.62 bits per heavy atom. The molecule has 0 unspecified atom stereocenters. The summed E-state index contributed by atoms with van der Waals surface area (Å²) >= 11 is 0. The standard InChI is InChI=1S/C13H16F3N3O2/c14-13(15,16)10-2-1-9(11(17)20)12(19-10)18-7-8-3-5-21-6-4-8/h1-2,8H,3-7H2,(H2,17,20)(H,18,19). The second-order valence-corrected chi connectivity index (χ2v) is 4.89. The maximum Gasteiger partial charge on any atom is 0.433 e. The molecule has 1 amide bonds. The maximum atomic E-state index is 12.7. The van der Waals surface area contributed by atoms with Gasteiger partial charge in [0.25, 0.3) is 5.91 Å². The van der Waals surface area contributed by atoms with Gasteiger partial charge >= 0.3 is 6.18 Å². The van der Waals surface area contributed by atoms with Gasteiger partial charge < -0.3 is 15.8 Å². The molecule has 0 saturated carbocycles. The number of pyridine rings is 1. The first-order chi connectivity index (χ1) is 9.88.